The molecule has 1 saturated heterocycles. The van der Waals surface area contributed by atoms with Crippen LogP contribution in [0.3, 0.4) is 0 Å². The molecule has 100 valence electrons. The molecule has 1 aromatic rings. The highest BCUT2D eigenvalue weighted by Gasteiger charge is 2.34. The molecule has 1 aliphatic rings. The first-order chi connectivity index (χ1) is 8.43. The summed E-state index contributed by atoms with van der Waals surface area (Å²) in [6.07, 6.45) is -1.60. The van der Waals surface area contributed by atoms with Gasteiger partial charge in [-0.1, -0.05) is 18.2 Å². The summed E-state index contributed by atoms with van der Waals surface area (Å²) >= 11 is 0. The van der Waals surface area contributed by atoms with Crippen molar-refractivity contribution in [3.63, 3.8) is 0 Å². The lowest BCUT2D eigenvalue weighted by Crippen LogP contribution is -2.48. The van der Waals surface area contributed by atoms with Gasteiger partial charge in [0, 0.05) is 13.1 Å². The van der Waals surface area contributed by atoms with E-state index in [0.717, 1.165) is 0 Å². The number of nitrogens with zero attached hydrogens (tertiary/aromatic N) is 1. The van der Waals surface area contributed by atoms with Gasteiger partial charge >= 0.3 is 0 Å². The Kier molecular flexibility index (Phi) is 3.72. The lowest BCUT2D eigenvalue weighted by atomic mass is 10.1. The minimum atomic E-state index is -3.59. The zero-order chi connectivity index (χ0) is 13.3. The predicted molar refractivity (Wildman–Crippen MR) is 66.6 cm³/mol. The third kappa shape index (κ3) is 2.42. The van der Waals surface area contributed by atoms with Crippen LogP contribution in [0.4, 0.5) is 0 Å². The highest BCUT2D eigenvalue weighted by Crippen LogP contribution is 2.23. The van der Waals surface area contributed by atoms with Crippen LogP contribution in [0, 0.1) is 6.92 Å². The highest BCUT2D eigenvalue weighted by molar-refractivity contribution is 7.89. The van der Waals surface area contributed by atoms with Gasteiger partial charge in [-0.05, 0) is 25.0 Å². The Bertz CT molecular complexity index is 529. The first-order valence-electron chi connectivity index (χ1n) is 5.85. The molecular formula is C12H17NO4S. The van der Waals surface area contributed by atoms with Crippen LogP contribution >= 0.6 is 0 Å². The van der Waals surface area contributed by atoms with Gasteiger partial charge in [0.05, 0.1) is 17.1 Å². The zero-order valence-corrected chi connectivity index (χ0v) is 11.0. The summed E-state index contributed by atoms with van der Waals surface area (Å²) in [7, 11) is -3.59. The second-order valence-electron chi connectivity index (χ2n) is 4.55. The normalized spacial score (nSPS) is 26.2. The van der Waals surface area contributed by atoms with Gasteiger partial charge in [0.25, 0.3) is 0 Å². The Labute approximate surface area is 107 Å². The predicted octanol–water partition coefficient (Wildman–Crippen LogP) is 0.111. The molecule has 0 radical (unpaired) electrons. The number of hydrogen-bond donors (Lipinski definition) is 2. The van der Waals surface area contributed by atoms with Gasteiger partial charge < -0.3 is 10.2 Å². The second kappa shape index (κ2) is 4.97. The molecule has 0 aromatic heterocycles. The van der Waals surface area contributed by atoms with E-state index in [4.69, 9.17) is 0 Å². The molecule has 0 unspecified atom stereocenters. The Morgan fingerprint density at radius 2 is 1.89 bits per heavy atom. The number of aryl methyl sites for hydroxylation is 1. The largest absolute Gasteiger partial charge is 0.390 e. The van der Waals surface area contributed by atoms with Gasteiger partial charge in [0.2, 0.25) is 10.0 Å². The maximum atomic E-state index is 12.4. The molecule has 0 saturated carbocycles. The van der Waals surface area contributed by atoms with Crippen molar-refractivity contribution >= 4 is 10.0 Å². The van der Waals surface area contributed by atoms with Crippen molar-refractivity contribution in [2.45, 2.75) is 30.4 Å². The van der Waals surface area contributed by atoms with E-state index in [1.165, 1.54) is 4.31 Å². The van der Waals surface area contributed by atoms with Crippen molar-refractivity contribution in [3.8, 4) is 0 Å². The number of rotatable bonds is 2. The third-order valence-corrected chi connectivity index (χ3v) is 5.25. The highest BCUT2D eigenvalue weighted by atomic mass is 32.2. The number of aliphatic hydroxyl groups is 2. The Hall–Kier alpha value is -0.950. The molecule has 1 aliphatic heterocycles. The Balaban J connectivity index is 2.30. The molecule has 2 atom stereocenters. The fraction of sp³-hybridized carbons (Fsp3) is 0.500. The molecule has 0 bridgehead atoms. The molecule has 18 heavy (non-hydrogen) atoms. The summed E-state index contributed by atoms with van der Waals surface area (Å²) in [5.74, 6) is 0. The van der Waals surface area contributed by atoms with Crippen LogP contribution in [-0.4, -0.2) is 48.2 Å². The number of piperidine rings is 1. The second-order valence-corrected chi connectivity index (χ2v) is 6.46. The molecule has 2 N–H and O–H groups in total. The zero-order valence-electron chi connectivity index (χ0n) is 10.2. The fourth-order valence-corrected chi connectivity index (χ4v) is 3.79. The molecule has 2 rings (SSSR count). The number of aliphatic hydroxyl groups excluding tert-OH is 2. The monoisotopic (exact) mass is 271 g/mol. The molecule has 6 heteroatoms. The van der Waals surface area contributed by atoms with E-state index in [1.807, 2.05) is 0 Å². The summed E-state index contributed by atoms with van der Waals surface area (Å²) in [4.78, 5) is 0.258. The van der Waals surface area contributed by atoms with Crippen LogP contribution in [-0.2, 0) is 10.0 Å². The van der Waals surface area contributed by atoms with E-state index in [-0.39, 0.29) is 24.4 Å². The van der Waals surface area contributed by atoms with Crippen molar-refractivity contribution in [1.82, 2.24) is 4.31 Å². The van der Waals surface area contributed by atoms with Crippen LogP contribution in [0.1, 0.15) is 12.0 Å². The summed E-state index contributed by atoms with van der Waals surface area (Å²) in [6.45, 7) is 1.91. The minimum absolute atomic E-state index is 0.0577. The third-order valence-electron chi connectivity index (χ3n) is 3.22. The Morgan fingerprint density at radius 1 is 1.22 bits per heavy atom. The summed E-state index contributed by atoms with van der Waals surface area (Å²) < 4.78 is 26.0. The van der Waals surface area contributed by atoms with Gasteiger partial charge in [-0.15, -0.1) is 0 Å². The molecule has 1 fully saturated rings. The van der Waals surface area contributed by atoms with Crippen molar-refractivity contribution < 1.29 is 18.6 Å². The fourth-order valence-electron chi connectivity index (χ4n) is 2.09. The van der Waals surface area contributed by atoms with E-state index in [2.05, 4.69) is 0 Å². The number of sulfonamides is 1. The first-order valence-corrected chi connectivity index (χ1v) is 7.29. The lowest BCUT2D eigenvalue weighted by molar-refractivity contribution is -0.0192. The topological polar surface area (TPSA) is 77.8 Å². The van der Waals surface area contributed by atoms with Gasteiger partial charge in [-0.3, -0.25) is 0 Å². The SMILES string of the molecule is Cc1ccccc1S(=O)(=O)N1CC[C@H](O)[C@@H](O)C1. The maximum Gasteiger partial charge on any atom is 0.243 e. The molecule has 0 spiro atoms. The van der Waals surface area contributed by atoms with Crippen molar-refractivity contribution in [2.24, 2.45) is 0 Å². The average Bonchev–Trinajstić information content (AvgIpc) is 2.33. The van der Waals surface area contributed by atoms with Gasteiger partial charge in [-0.25, -0.2) is 8.42 Å². The van der Waals surface area contributed by atoms with E-state index in [9.17, 15) is 18.6 Å². The smallest absolute Gasteiger partial charge is 0.243 e. The molecule has 0 aliphatic carbocycles. The standard InChI is InChI=1S/C12H17NO4S/c1-9-4-2-3-5-12(9)18(16,17)13-7-6-10(14)11(15)8-13/h2-5,10-11,14-15H,6-8H2,1H3/t10-,11-/m0/s1. The first kappa shape index (κ1) is 13.5. The van der Waals surface area contributed by atoms with Gasteiger partial charge in [0.15, 0.2) is 0 Å². The van der Waals surface area contributed by atoms with Gasteiger partial charge in [0.1, 0.15) is 0 Å². The maximum absolute atomic E-state index is 12.4. The summed E-state index contributed by atoms with van der Waals surface area (Å²) in [6, 6.07) is 6.75. The summed E-state index contributed by atoms with van der Waals surface area (Å²) in [5, 5.41) is 19.0. The molecular weight excluding hydrogens is 254 g/mol. The van der Waals surface area contributed by atoms with E-state index >= 15 is 0 Å². The van der Waals surface area contributed by atoms with Gasteiger partial charge in [-0.2, -0.15) is 4.31 Å². The molecule has 0 amide bonds. The number of hydrogen-bond acceptors (Lipinski definition) is 4. The molecule has 1 aromatic carbocycles. The number of benzene rings is 1. The van der Waals surface area contributed by atoms with Crippen molar-refractivity contribution in [2.75, 3.05) is 13.1 Å². The Morgan fingerprint density at radius 3 is 2.50 bits per heavy atom. The lowest BCUT2D eigenvalue weighted by Gasteiger charge is -2.32. The number of β-amino-alcohol motifs (C(OH)–C–C–N with tert-alkyl or cyclic N) is 1. The van der Waals surface area contributed by atoms with Crippen molar-refractivity contribution in [1.29, 1.82) is 0 Å². The molecule has 5 nitrogen and oxygen atoms in total. The van der Waals surface area contributed by atoms with Crippen LogP contribution < -0.4 is 0 Å². The van der Waals surface area contributed by atoms with E-state index < -0.39 is 22.2 Å². The molecule has 1 heterocycles. The summed E-state index contributed by atoms with van der Waals surface area (Å²) in [5.41, 5.74) is 0.679. The van der Waals surface area contributed by atoms with Crippen molar-refractivity contribution in [3.05, 3.63) is 29.8 Å². The van der Waals surface area contributed by atoms with Crippen LogP contribution in [0.15, 0.2) is 29.2 Å². The minimum Gasteiger partial charge on any atom is -0.390 e. The van der Waals surface area contributed by atoms with E-state index in [0.29, 0.717) is 5.56 Å². The van der Waals surface area contributed by atoms with Crippen LogP contribution in [0.2, 0.25) is 0 Å². The van der Waals surface area contributed by atoms with Crippen LogP contribution in [0.5, 0.6) is 0 Å². The van der Waals surface area contributed by atoms with E-state index in [1.54, 1.807) is 31.2 Å². The van der Waals surface area contributed by atoms with Crippen LogP contribution in [0.25, 0.3) is 0 Å². The quantitative estimate of drug-likeness (QED) is 0.800. The average molecular weight is 271 g/mol.